The van der Waals surface area contributed by atoms with Gasteiger partial charge in [0, 0.05) is 27.3 Å². The molecule has 0 radical (unpaired) electrons. The Morgan fingerprint density at radius 3 is 2.74 bits per heavy atom. The second-order valence-electron chi connectivity index (χ2n) is 9.78. The summed E-state index contributed by atoms with van der Waals surface area (Å²) < 4.78 is 11.1. The predicted octanol–water partition coefficient (Wildman–Crippen LogP) is 3.74. The van der Waals surface area contributed by atoms with Gasteiger partial charge in [0.05, 0.1) is 12.1 Å². The Balaban J connectivity index is 1.19. The van der Waals surface area contributed by atoms with Crippen LogP contribution in [0.3, 0.4) is 0 Å². The molecular formula is C29H28N6O8S4. The first-order valence-corrected chi connectivity index (χ1v) is 17.5. The molecule has 47 heavy (non-hydrogen) atoms. The Bertz CT molecular complexity index is 1760. The Kier molecular flexibility index (Phi) is 11.2. The average Bonchev–Trinajstić information content (AvgIpc) is 3.63. The van der Waals surface area contributed by atoms with Crippen LogP contribution >= 0.6 is 46.2 Å². The number of thiazole rings is 2. The highest BCUT2D eigenvalue weighted by atomic mass is 32.2. The summed E-state index contributed by atoms with van der Waals surface area (Å²) in [5.41, 5.74) is 7.97. The van der Waals surface area contributed by atoms with Crippen molar-refractivity contribution in [2.75, 3.05) is 31.0 Å². The van der Waals surface area contributed by atoms with Crippen LogP contribution in [0.5, 0.6) is 0 Å². The number of carbonyl (C=O) groups is 4. The Morgan fingerprint density at radius 1 is 1.26 bits per heavy atom. The van der Waals surface area contributed by atoms with Gasteiger partial charge in [-0.1, -0.05) is 53.3 Å². The number of esters is 1. The van der Waals surface area contributed by atoms with Crippen molar-refractivity contribution in [1.82, 2.24) is 20.2 Å². The molecule has 1 aromatic carbocycles. The summed E-state index contributed by atoms with van der Waals surface area (Å²) in [5, 5.41) is 16.9. The molecule has 2 aromatic heterocycles. The number of oxime groups is 1. The van der Waals surface area contributed by atoms with Crippen LogP contribution in [0.4, 0.5) is 9.93 Å². The molecule has 2 amide bonds. The number of nitrogens with zero attached hydrogens (tertiary/aromatic N) is 4. The highest BCUT2D eigenvalue weighted by molar-refractivity contribution is 8.01. The fourth-order valence-corrected chi connectivity index (χ4v) is 8.67. The van der Waals surface area contributed by atoms with Crippen molar-refractivity contribution in [3.05, 3.63) is 75.1 Å². The van der Waals surface area contributed by atoms with Gasteiger partial charge in [0.15, 0.2) is 15.2 Å². The number of nitrogens with one attached hydrogen (secondary N) is 1. The fraction of sp³-hybridized carbons (Fsp3) is 0.276. The number of fused-ring (bicyclic) bond motifs is 1. The van der Waals surface area contributed by atoms with E-state index < -0.39 is 29.4 Å². The molecule has 18 heteroatoms. The van der Waals surface area contributed by atoms with Crippen molar-refractivity contribution < 1.29 is 38.6 Å². The summed E-state index contributed by atoms with van der Waals surface area (Å²) in [6.45, 7) is 1.95. The van der Waals surface area contributed by atoms with Crippen molar-refractivity contribution in [3.8, 4) is 0 Å². The van der Waals surface area contributed by atoms with E-state index in [1.165, 1.54) is 52.3 Å². The smallest absolute Gasteiger partial charge is 0.461 e. The lowest BCUT2D eigenvalue weighted by atomic mass is 10.1. The van der Waals surface area contributed by atoms with Gasteiger partial charge in [-0.3, -0.25) is 19.3 Å². The number of thioether (sulfide) groups is 2. The van der Waals surface area contributed by atoms with E-state index in [4.69, 9.17) is 20.0 Å². The van der Waals surface area contributed by atoms with Gasteiger partial charge in [0.25, 0.3) is 11.8 Å². The van der Waals surface area contributed by atoms with Crippen molar-refractivity contribution in [1.29, 1.82) is 0 Å². The summed E-state index contributed by atoms with van der Waals surface area (Å²) in [6, 6.07) is 8.71. The van der Waals surface area contributed by atoms with Crippen LogP contribution in [0.1, 0.15) is 21.8 Å². The third kappa shape index (κ3) is 8.31. The number of ether oxygens (including phenoxy) is 2. The first-order chi connectivity index (χ1) is 22.6. The van der Waals surface area contributed by atoms with Crippen molar-refractivity contribution in [2.45, 2.75) is 29.1 Å². The van der Waals surface area contributed by atoms with Gasteiger partial charge in [0.2, 0.25) is 5.88 Å². The number of aryl methyl sites for hydroxylation is 1. The second-order valence-corrected chi connectivity index (χ2v) is 14.1. The predicted molar refractivity (Wildman–Crippen MR) is 179 cm³/mol. The van der Waals surface area contributed by atoms with Crippen LogP contribution in [0.2, 0.25) is 0 Å². The number of β-lactam (4-membered cyclic amide) rings is 1. The first kappa shape index (κ1) is 34.0. The maximum Gasteiger partial charge on any atom is 0.512 e. The molecule has 3 aromatic rings. The van der Waals surface area contributed by atoms with E-state index in [1.807, 2.05) is 36.4 Å². The molecule has 14 nitrogen and oxygen atoms in total. The molecule has 5 rings (SSSR count). The lowest BCUT2D eigenvalue weighted by Crippen LogP contribution is -2.70. The zero-order valence-corrected chi connectivity index (χ0v) is 28.2. The quantitative estimate of drug-likeness (QED) is 0.0762. The fourth-order valence-electron chi connectivity index (χ4n) is 4.46. The van der Waals surface area contributed by atoms with Gasteiger partial charge in [-0.2, -0.15) is 0 Å². The number of benzene rings is 1. The summed E-state index contributed by atoms with van der Waals surface area (Å²) in [6.07, 6.45) is 2.14. The van der Waals surface area contributed by atoms with Crippen LogP contribution in [-0.2, 0) is 35.1 Å². The molecule has 4 heterocycles. The molecule has 0 unspecified atom stereocenters. The van der Waals surface area contributed by atoms with E-state index in [0.29, 0.717) is 21.4 Å². The molecule has 0 spiro atoms. The van der Waals surface area contributed by atoms with Crippen LogP contribution in [0.15, 0.2) is 62.7 Å². The number of rotatable bonds is 13. The van der Waals surface area contributed by atoms with Crippen molar-refractivity contribution in [2.24, 2.45) is 5.16 Å². The molecule has 1 saturated heterocycles. The maximum absolute atomic E-state index is 13.2. The summed E-state index contributed by atoms with van der Waals surface area (Å²) >= 11 is 5.14. The number of anilines is 1. The molecular weight excluding hydrogens is 689 g/mol. The Morgan fingerprint density at radius 2 is 2.04 bits per heavy atom. The minimum absolute atomic E-state index is 0.0683. The Hall–Kier alpha value is -4.39. The van der Waals surface area contributed by atoms with Crippen LogP contribution in [-0.4, -0.2) is 86.3 Å². The van der Waals surface area contributed by atoms with E-state index in [2.05, 4.69) is 20.4 Å². The Labute approximate surface area is 285 Å². The van der Waals surface area contributed by atoms with E-state index in [1.54, 1.807) is 13.0 Å². The number of carboxylic acid groups (broad SMARTS) is 1. The largest absolute Gasteiger partial charge is 0.512 e. The maximum atomic E-state index is 13.2. The molecule has 0 aliphatic carbocycles. The number of amides is 2. The SMILES string of the molecule is CON=C(C(=O)N[C@@H]1C(=O)N2C(OC(=O)O)=C(CSc3nc(C)c(CC(=O)OCC=Cc4ccccc4)s3)CS[C@@H]12)c1csc(N)n1. The van der Waals surface area contributed by atoms with E-state index in [-0.39, 0.29) is 47.2 Å². The minimum Gasteiger partial charge on any atom is -0.461 e. The van der Waals surface area contributed by atoms with Gasteiger partial charge in [-0.25, -0.2) is 14.8 Å². The number of carbonyl (C=O) groups excluding carboxylic acids is 3. The lowest BCUT2D eigenvalue weighted by Gasteiger charge is -2.49. The normalized spacial score (nSPS) is 17.7. The standard InChI is InChI=1S/C29H28N6O8S4/c1-15-19(11-20(36)42-10-6-9-16-7-4-3-5-8-16)47-28(31-15)46-13-17-12-44-26-22(24(38)35(26)25(17)43-29(39)40)33-23(37)21(34-41-2)18-14-45-27(30)32-18/h3-9,14,22,26H,10-13H2,1-2H3,(H2,30,32)(H,33,37)(H,39,40)/t22-,26+/m1/s1. The molecule has 246 valence electrons. The van der Waals surface area contributed by atoms with Gasteiger partial charge in [-0.15, -0.1) is 34.4 Å². The monoisotopic (exact) mass is 716 g/mol. The molecule has 4 N–H and O–H groups in total. The van der Waals surface area contributed by atoms with Crippen LogP contribution < -0.4 is 11.1 Å². The van der Waals surface area contributed by atoms with Crippen molar-refractivity contribution >= 4 is 87.1 Å². The molecule has 2 aliphatic rings. The third-order valence-corrected chi connectivity index (χ3v) is 11.0. The number of hydrogen-bond acceptors (Lipinski definition) is 15. The zero-order valence-electron chi connectivity index (χ0n) is 24.9. The molecule has 0 saturated carbocycles. The highest BCUT2D eigenvalue weighted by Crippen LogP contribution is 2.42. The number of nitrogen functional groups attached to an aromatic ring is 1. The first-order valence-electron chi connectivity index (χ1n) is 13.8. The summed E-state index contributed by atoms with van der Waals surface area (Å²) in [4.78, 5) is 65.6. The van der Waals surface area contributed by atoms with Gasteiger partial charge < -0.3 is 30.5 Å². The zero-order chi connectivity index (χ0) is 33.5. The van der Waals surface area contributed by atoms with Gasteiger partial charge >= 0.3 is 12.1 Å². The highest BCUT2D eigenvalue weighted by Gasteiger charge is 2.54. The minimum atomic E-state index is -1.58. The van der Waals surface area contributed by atoms with Crippen LogP contribution in [0, 0.1) is 6.92 Å². The molecule has 2 aliphatic heterocycles. The molecule has 0 bridgehead atoms. The average molecular weight is 717 g/mol. The number of nitrogens with two attached hydrogens (primary N) is 1. The van der Waals surface area contributed by atoms with E-state index in [9.17, 15) is 24.3 Å². The van der Waals surface area contributed by atoms with E-state index in [0.717, 1.165) is 21.8 Å². The van der Waals surface area contributed by atoms with E-state index >= 15 is 0 Å². The van der Waals surface area contributed by atoms with Gasteiger partial charge in [-0.05, 0) is 18.6 Å². The van der Waals surface area contributed by atoms with Crippen molar-refractivity contribution in [3.63, 3.8) is 0 Å². The second kappa shape index (κ2) is 15.5. The van der Waals surface area contributed by atoms with Crippen LogP contribution in [0.25, 0.3) is 6.08 Å². The van der Waals surface area contributed by atoms with Gasteiger partial charge in [0.1, 0.15) is 30.8 Å². The summed E-state index contributed by atoms with van der Waals surface area (Å²) in [5.74, 6) is -1.12. The lowest BCUT2D eigenvalue weighted by molar-refractivity contribution is -0.148. The topological polar surface area (TPSA) is 196 Å². The third-order valence-electron chi connectivity index (χ3n) is 6.62. The number of hydrogen-bond donors (Lipinski definition) is 3. The molecule has 1 fully saturated rings. The number of aromatic nitrogens is 2. The molecule has 2 atom stereocenters. The summed E-state index contributed by atoms with van der Waals surface area (Å²) in [7, 11) is 1.27.